The second kappa shape index (κ2) is 6.02. The van der Waals surface area contributed by atoms with Crippen molar-refractivity contribution in [2.45, 2.75) is 38.7 Å². The topological polar surface area (TPSA) is 84.3 Å². The van der Waals surface area contributed by atoms with Gasteiger partial charge in [0.15, 0.2) is 6.10 Å². The molecule has 0 aromatic carbocycles. The predicted octanol–water partition coefficient (Wildman–Crippen LogP) is 3.07. The van der Waals surface area contributed by atoms with Crippen molar-refractivity contribution in [3.8, 4) is 0 Å². The van der Waals surface area contributed by atoms with Crippen LogP contribution in [0.5, 0.6) is 0 Å². The lowest BCUT2D eigenvalue weighted by Crippen LogP contribution is -2.29. The molecule has 10 heteroatoms. The highest BCUT2D eigenvalue weighted by Crippen LogP contribution is 2.38. The van der Waals surface area contributed by atoms with Crippen LogP contribution in [0.4, 0.5) is 23.8 Å². The van der Waals surface area contributed by atoms with Crippen LogP contribution in [0.1, 0.15) is 32.4 Å². The first-order valence-electron chi connectivity index (χ1n) is 5.67. The van der Waals surface area contributed by atoms with E-state index in [0.717, 1.165) is 6.33 Å². The van der Waals surface area contributed by atoms with Crippen LogP contribution in [0, 0.1) is 0 Å². The zero-order valence-corrected chi connectivity index (χ0v) is 12.1. The lowest BCUT2D eigenvalue weighted by molar-refractivity contribution is -0.206. The zero-order chi connectivity index (χ0) is 16.4. The van der Waals surface area contributed by atoms with E-state index in [0.29, 0.717) is 0 Å². The second-order valence-corrected chi connectivity index (χ2v) is 5.36. The standard InChI is InChI=1S/C11H13ClF3N3O3/c1-10(2,3)21-9(20)18-8-5(6(19)11(13,14)15)7(12)16-4-17-8/h4,6,19H,1-3H3,(H,16,17,18,20)/t6-/m1/s1. The normalized spacial score (nSPS) is 13.7. The fraction of sp³-hybridized carbons (Fsp3) is 0.545. The molecule has 118 valence electrons. The molecule has 0 bridgehead atoms. The van der Waals surface area contributed by atoms with E-state index in [1.807, 2.05) is 5.32 Å². The first-order valence-corrected chi connectivity index (χ1v) is 6.05. The van der Waals surface area contributed by atoms with Crippen LogP contribution in [0.2, 0.25) is 5.15 Å². The Morgan fingerprint density at radius 3 is 2.43 bits per heavy atom. The van der Waals surface area contributed by atoms with Gasteiger partial charge in [-0.05, 0) is 20.8 Å². The minimum absolute atomic E-state index is 0.575. The summed E-state index contributed by atoms with van der Waals surface area (Å²) in [7, 11) is 0. The number of aromatic nitrogens is 2. The van der Waals surface area contributed by atoms with Gasteiger partial charge in [0.2, 0.25) is 0 Å². The number of carbonyl (C=O) groups is 1. The first kappa shape index (κ1) is 17.4. The molecule has 0 aliphatic carbocycles. The summed E-state index contributed by atoms with van der Waals surface area (Å²) in [5.41, 5.74) is -1.71. The summed E-state index contributed by atoms with van der Waals surface area (Å²) in [6, 6.07) is 0. The van der Waals surface area contributed by atoms with Crippen LogP contribution in [0.3, 0.4) is 0 Å². The van der Waals surface area contributed by atoms with Crippen LogP contribution in [-0.2, 0) is 4.74 Å². The molecule has 0 saturated heterocycles. The number of rotatable bonds is 2. The number of aliphatic hydroxyl groups is 1. The van der Waals surface area contributed by atoms with Gasteiger partial charge >= 0.3 is 12.3 Å². The SMILES string of the molecule is CC(C)(C)OC(=O)Nc1ncnc(Cl)c1[C@@H](O)C(F)(F)F. The third-order valence-electron chi connectivity index (χ3n) is 2.04. The molecule has 6 nitrogen and oxygen atoms in total. The van der Waals surface area contributed by atoms with Gasteiger partial charge in [-0.15, -0.1) is 0 Å². The number of carbonyl (C=O) groups excluding carboxylic acids is 1. The number of anilines is 1. The smallest absolute Gasteiger partial charge is 0.418 e. The van der Waals surface area contributed by atoms with Gasteiger partial charge in [0.25, 0.3) is 0 Å². The van der Waals surface area contributed by atoms with Crippen molar-refractivity contribution in [2.24, 2.45) is 0 Å². The molecule has 0 aliphatic rings. The minimum atomic E-state index is -4.99. The van der Waals surface area contributed by atoms with Gasteiger partial charge in [0, 0.05) is 0 Å². The highest BCUT2D eigenvalue weighted by Gasteiger charge is 2.43. The maximum Gasteiger partial charge on any atom is 0.418 e. The van der Waals surface area contributed by atoms with Gasteiger partial charge in [-0.2, -0.15) is 13.2 Å². The molecular weight excluding hydrogens is 315 g/mol. The summed E-state index contributed by atoms with van der Waals surface area (Å²) in [5, 5.41) is 10.7. The summed E-state index contributed by atoms with van der Waals surface area (Å²) in [4.78, 5) is 18.4. The van der Waals surface area contributed by atoms with Crippen LogP contribution in [0.25, 0.3) is 0 Å². The Morgan fingerprint density at radius 2 is 1.95 bits per heavy atom. The Kier molecular flexibility index (Phi) is 5.00. The van der Waals surface area contributed by atoms with Gasteiger partial charge in [-0.3, -0.25) is 5.32 Å². The molecule has 1 aromatic heterocycles. The summed E-state index contributed by atoms with van der Waals surface area (Å²) in [6.45, 7) is 4.72. The van der Waals surface area contributed by atoms with Crippen LogP contribution in [-0.4, -0.2) is 32.9 Å². The number of alkyl halides is 3. The molecule has 1 aromatic rings. The molecule has 1 heterocycles. The van der Waals surface area contributed by atoms with Gasteiger partial charge < -0.3 is 9.84 Å². The summed E-state index contributed by atoms with van der Waals surface area (Å²) in [5.74, 6) is -0.575. The molecule has 1 rings (SSSR count). The molecule has 1 atom stereocenters. The second-order valence-electron chi connectivity index (χ2n) is 5.00. The van der Waals surface area contributed by atoms with E-state index < -0.39 is 40.5 Å². The van der Waals surface area contributed by atoms with Gasteiger partial charge in [0.1, 0.15) is 22.9 Å². The average molecular weight is 328 g/mol. The number of hydrogen-bond donors (Lipinski definition) is 2. The van der Waals surface area contributed by atoms with Crippen LogP contribution < -0.4 is 5.32 Å². The Bertz CT molecular complexity index is 532. The van der Waals surface area contributed by atoms with Crippen molar-refractivity contribution < 1.29 is 27.8 Å². The molecule has 0 fully saturated rings. The molecule has 0 spiro atoms. The van der Waals surface area contributed by atoms with E-state index in [2.05, 4.69) is 9.97 Å². The van der Waals surface area contributed by atoms with E-state index in [1.165, 1.54) is 0 Å². The lowest BCUT2D eigenvalue weighted by Gasteiger charge is -2.21. The Morgan fingerprint density at radius 1 is 1.38 bits per heavy atom. The van der Waals surface area contributed by atoms with E-state index in [1.54, 1.807) is 20.8 Å². The van der Waals surface area contributed by atoms with E-state index in [-0.39, 0.29) is 0 Å². The maximum atomic E-state index is 12.6. The Hall–Kier alpha value is -1.61. The molecule has 0 saturated carbocycles. The van der Waals surface area contributed by atoms with Gasteiger partial charge in [0.05, 0.1) is 5.56 Å². The molecule has 0 radical (unpaired) electrons. The lowest BCUT2D eigenvalue weighted by atomic mass is 10.1. The van der Waals surface area contributed by atoms with Crippen molar-refractivity contribution in [1.82, 2.24) is 9.97 Å². The molecule has 2 N–H and O–H groups in total. The number of nitrogens with zero attached hydrogens (tertiary/aromatic N) is 2. The fourth-order valence-corrected chi connectivity index (χ4v) is 1.52. The Labute approximate surface area is 123 Å². The third kappa shape index (κ3) is 5.01. The zero-order valence-electron chi connectivity index (χ0n) is 11.3. The van der Waals surface area contributed by atoms with Crippen molar-refractivity contribution in [2.75, 3.05) is 5.32 Å². The number of amides is 1. The average Bonchev–Trinajstić information content (AvgIpc) is 2.24. The molecule has 21 heavy (non-hydrogen) atoms. The third-order valence-corrected chi connectivity index (χ3v) is 2.34. The summed E-state index contributed by atoms with van der Waals surface area (Å²) in [6.07, 6.45) is -8.11. The number of aliphatic hydroxyl groups excluding tert-OH is 1. The van der Waals surface area contributed by atoms with E-state index in [9.17, 15) is 23.1 Å². The number of hydrogen-bond acceptors (Lipinski definition) is 5. The van der Waals surface area contributed by atoms with Crippen molar-refractivity contribution in [3.05, 3.63) is 17.0 Å². The number of halogens is 4. The minimum Gasteiger partial charge on any atom is -0.444 e. The van der Waals surface area contributed by atoms with E-state index >= 15 is 0 Å². The van der Waals surface area contributed by atoms with Crippen LogP contribution >= 0.6 is 11.6 Å². The first-order chi connectivity index (χ1) is 9.42. The van der Waals surface area contributed by atoms with Gasteiger partial charge in [-0.1, -0.05) is 11.6 Å². The largest absolute Gasteiger partial charge is 0.444 e. The molecular formula is C11H13ClF3N3O3. The highest BCUT2D eigenvalue weighted by atomic mass is 35.5. The van der Waals surface area contributed by atoms with Crippen molar-refractivity contribution in [1.29, 1.82) is 0 Å². The summed E-state index contributed by atoms with van der Waals surface area (Å²) >= 11 is 5.54. The highest BCUT2D eigenvalue weighted by molar-refractivity contribution is 6.30. The Balaban J connectivity index is 3.09. The molecule has 0 aliphatic heterocycles. The maximum absolute atomic E-state index is 12.6. The number of ether oxygens (including phenoxy) is 1. The molecule has 0 unspecified atom stereocenters. The number of nitrogens with one attached hydrogen (secondary N) is 1. The van der Waals surface area contributed by atoms with Crippen molar-refractivity contribution >= 4 is 23.5 Å². The fourth-order valence-electron chi connectivity index (χ4n) is 1.28. The monoisotopic (exact) mass is 327 g/mol. The van der Waals surface area contributed by atoms with Crippen LogP contribution in [0.15, 0.2) is 6.33 Å². The molecule has 1 amide bonds. The van der Waals surface area contributed by atoms with E-state index in [4.69, 9.17) is 16.3 Å². The quantitative estimate of drug-likeness (QED) is 0.815. The predicted molar refractivity (Wildman–Crippen MR) is 67.9 cm³/mol. The summed E-state index contributed by atoms with van der Waals surface area (Å²) < 4.78 is 42.7. The van der Waals surface area contributed by atoms with Crippen molar-refractivity contribution in [3.63, 3.8) is 0 Å². The van der Waals surface area contributed by atoms with Gasteiger partial charge in [-0.25, -0.2) is 14.8 Å².